The molecule has 1 aromatic heterocycles. The maximum Gasteiger partial charge on any atom is 0.222 e. The second-order valence-electron chi connectivity index (χ2n) is 6.60. The quantitative estimate of drug-likeness (QED) is 0.697. The maximum absolute atomic E-state index is 13.9. The molecule has 1 unspecified atom stereocenters. The molecule has 1 fully saturated rings. The molecular formula is C20H21F2NO2S. The molecule has 2 aromatic rings. The van der Waals surface area contributed by atoms with Gasteiger partial charge < -0.3 is 4.90 Å². The van der Waals surface area contributed by atoms with E-state index in [2.05, 4.69) is 6.07 Å². The second-order valence-corrected chi connectivity index (χ2v) is 7.63. The first kappa shape index (κ1) is 18.7. The average Bonchev–Trinajstić information content (AvgIpc) is 3.16. The van der Waals surface area contributed by atoms with Crippen molar-refractivity contribution in [1.29, 1.82) is 0 Å². The lowest BCUT2D eigenvalue weighted by Crippen LogP contribution is -2.42. The Hall–Kier alpha value is -2.08. The maximum atomic E-state index is 13.9. The molecule has 1 amide bonds. The number of aryl methyl sites for hydroxylation is 1. The van der Waals surface area contributed by atoms with E-state index in [0.29, 0.717) is 25.8 Å². The Labute approximate surface area is 155 Å². The Balaban J connectivity index is 1.57. The Morgan fingerprint density at radius 1 is 1.23 bits per heavy atom. The molecule has 0 aliphatic carbocycles. The minimum atomic E-state index is -0.712. The molecular weight excluding hydrogens is 356 g/mol. The summed E-state index contributed by atoms with van der Waals surface area (Å²) in [5.74, 6) is -2.21. The molecule has 1 aromatic carbocycles. The minimum absolute atomic E-state index is 0.0266. The van der Waals surface area contributed by atoms with Crippen LogP contribution in [0.5, 0.6) is 0 Å². The summed E-state index contributed by atoms with van der Waals surface area (Å²) in [5.41, 5.74) is -0.220. The van der Waals surface area contributed by atoms with E-state index >= 15 is 0 Å². The van der Waals surface area contributed by atoms with Crippen LogP contribution < -0.4 is 0 Å². The van der Waals surface area contributed by atoms with Gasteiger partial charge in [-0.25, -0.2) is 8.78 Å². The van der Waals surface area contributed by atoms with Gasteiger partial charge in [-0.1, -0.05) is 6.07 Å². The molecule has 3 nitrogen and oxygen atoms in total. The van der Waals surface area contributed by atoms with Gasteiger partial charge in [0, 0.05) is 30.3 Å². The van der Waals surface area contributed by atoms with Crippen molar-refractivity contribution in [1.82, 2.24) is 4.90 Å². The Bertz CT molecular complexity index is 776. The topological polar surface area (TPSA) is 37.4 Å². The molecule has 138 valence electrons. The van der Waals surface area contributed by atoms with Crippen molar-refractivity contribution in [2.45, 2.75) is 32.1 Å². The van der Waals surface area contributed by atoms with Crippen molar-refractivity contribution >= 4 is 23.0 Å². The molecule has 26 heavy (non-hydrogen) atoms. The summed E-state index contributed by atoms with van der Waals surface area (Å²) in [7, 11) is 0. The van der Waals surface area contributed by atoms with Gasteiger partial charge in [0.2, 0.25) is 5.91 Å². The number of amides is 1. The number of likely N-dealkylation sites (tertiary alicyclic amines) is 1. The largest absolute Gasteiger partial charge is 0.342 e. The van der Waals surface area contributed by atoms with E-state index in [4.69, 9.17) is 0 Å². The van der Waals surface area contributed by atoms with Crippen LogP contribution in [0.1, 0.15) is 40.9 Å². The molecule has 0 radical (unpaired) electrons. The van der Waals surface area contributed by atoms with E-state index in [0.717, 1.165) is 31.0 Å². The number of carbonyl (C=O) groups excluding carboxylic acids is 2. The fourth-order valence-corrected chi connectivity index (χ4v) is 4.10. The summed E-state index contributed by atoms with van der Waals surface area (Å²) in [4.78, 5) is 28.0. The van der Waals surface area contributed by atoms with Gasteiger partial charge >= 0.3 is 0 Å². The fourth-order valence-electron chi connectivity index (χ4n) is 3.35. The van der Waals surface area contributed by atoms with E-state index < -0.39 is 23.3 Å². The van der Waals surface area contributed by atoms with Crippen LogP contribution in [0.15, 0.2) is 35.7 Å². The van der Waals surface area contributed by atoms with Gasteiger partial charge in [0.15, 0.2) is 5.78 Å². The van der Waals surface area contributed by atoms with Gasteiger partial charge in [-0.15, -0.1) is 11.3 Å². The van der Waals surface area contributed by atoms with Crippen LogP contribution in [0.2, 0.25) is 0 Å². The lowest BCUT2D eigenvalue weighted by atomic mass is 9.89. The summed E-state index contributed by atoms with van der Waals surface area (Å²) in [6.45, 7) is 0.903. The predicted molar refractivity (Wildman–Crippen MR) is 97.2 cm³/mol. The highest BCUT2D eigenvalue weighted by Crippen LogP contribution is 2.24. The van der Waals surface area contributed by atoms with Gasteiger partial charge in [-0.05, 0) is 55.3 Å². The molecule has 2 heterocycles. The summed E-state index contributed by atoms with van der Waals surface area (Å²) in [6, 6.07) is 6.96. The lowest BCUT2D eigenvalue weighted by Gasteiger charge is -2.32. The molecule has 3 rings (SSSR count). The highest BCUT2D eigenvalue weighted by atomic mass is 32.1. The summed E-state index contributed by atoms with van der Waals surface area (Å²) in [6.07, 6.45) is 3.37. The third kappa shape index (κ3) is 4.55. The second kappa shape index (κ2) is 8.54. The molecule has 0 saturated carbocycles. The van der Waals surface area contributed by atoms with Crippen LogP contribution in [0.3, 0.4) is 0 Å². The third-order valence-electron chi connectivity index (χ3n) is 4.73. The van der Waals surface area contributed by atoms with E-state index in [9.17, 15) is 18.4 Å². The van der Waals surface area contributed by atoms with E-state index in [-0.39, 0.29) is 18.0 Å². The van der Waals surface area contributed by atoms with Gasteiger partial charge in [0.25, 0.3) is 0 Å². The monoisotopic (exact) mass is 377 g/mol. The number of nitrogens with zero attached hydrogens (tertiary/aromatic N) is 1. The fraction of sp³-hybridized carbons (Fsp3) is 0.400. The van der Waals surface area contributed by atoms with Gasteiger partial charge in [0.1, 0.15) is 11.6 Å². The zero-order valence-corrected chi connectivity index (χ0v) is 15.2. The van der Waals surface area contributed by atoms with Crippen molar-refractivity contribution in [2.24, 2.45) is 5.92 Å². The van der Waals surface area contributed by atoms with Crippen molar-refractivity contribution in [3.63, 3.8) is 0 Å². The minimum Gasteiger partial charge on any atom is -0.342 e. The summed E-state index contributed by atoms with van der Waals surface area (Å²) >= 11 is 1.68. The third-order valence-corrected chi connectivity index (χ3v) is 5.67. The predicted octanol–water partition coefficient (Wildman–Crippen LogP) is 4.47. The van der Waals surface area contributed by atoms with Gasteiger partial charge in [-0.2, -0.15) is 0 Å². The van der Waals surface area contributed by atoms with Crippen LogP contribution in [-0.4, -0.2) is 29.7 Å². The van der Waals surface area contributed by atoms with Crippen LogP contribution in [0.25, 0.3) is 0 Å². The van der Waals surface area contributed by atoms with E-state index in [1.54, 1.807) is 16.2 Å². The molecule has 6 heteroatoms. The Kier molecular flexibility index (Phi) is 6.14. The number of carbonyl (C=O) groups is 2. The molecule has 0 bridgehead atoms. The van der Waals surface area contributed by atoms with Crippen LogP contribution in [-0.2, 0) is 11.2 Å². The molecule has 1 atom stereocenters. The number of hydrogen-bond donors (Lipinski definition) is 0. The number of thiophene rings is 1. The van der Waals surface area contributed by atoms with Crippen molar-refractivity contribution < 1.29 is 18.4 Å². The standard InChI is InChI=1S/C20H21F2NO2S/c21-15-8-9-18(22)17(12-15)20(25)14-4-2-10-23(13-14)19(24)7-1-5-16-6-3-11-26-16/h3,6,8-9,11-12,14H,1-2,4-5,7,10,13H2. The number of hydrogen-bond acceptors (Lipinski definition) is 3. The number of benzene rings is 1. The first-order valence-corrected chi connectivity index (χ1v) is 9.72. The molecule has 1 aliphatic rings. The van der Waals surface area contributed by atoms with Crippen molar-refractivity contribution in [2.75, 3.05) is 13.1 Å². The number of ketones is 1. The van der Waals surface area contributed by atoms with E-state index in [1.165, 1.54) is 4.88 Å². The zero-order valence-electron chi connectivity index (χ0n) is 14.4. The first-order chi connectivity index (χ1) is 12.5. The highest BCUT2D eigenvalue weighted by molar-refractivity contribution is 7.09. The molecule has 0 N–H and O–H groups in total. The smallest absolute Gasteiger partial charge is 0.222 e. The molecule has 1 aliphatic heterocycles. The molecule has 0 spiro atoms. The lowest BCUT2D eigenvalue weighted by molar-refractivity contribution is -0.132. The summed E-state index contributed by atoms with van der Waals surface area (Å²) in [5, 5.41) is 2.02. The van der Waals surface area contributed by atoms with Gasteiger partial charge in [0.05, 0.1) is 5.56 Å². The SMILES string of the molecule is O=C(c1cc(F)ccc1F)C1CCCN(C(=O)CCCc2cccs2)C1. The number of Topliss-reactive ketones (excluding diaryl/α,β-unsaturated/α-hetero) is 1. The van der Waals surface area contributed by atoms with Crippen LogP contribution >= 0.6 is 11.3 Å². The Morgan fingerprint density at radius 2 is 2.08 bits per heavy atom. The molecule has 1 saturated heterocycles. The normalized spacial score (nSPS) is 17.3. The number of halogens is 2. The Morgan fingerprint density at radius 3 is 2.85 bits per heavy atom. The van der Waals surface area contributed by atoms with Crippen LogP contribution in [0.4, 0.5) is 8.78 Å². The average molecular weight is 377 g/mol. The van der Waals surface area contributed by atoms with Crippen LogP contribution in [0, 0.1) is 17.6 Å². The van der Waals surface area contributed by atoms with Crippen molar-refractivity contribution in [3.05, 3.63) is 57.8 Å². The van der Waals surface area contributed by atoms with Crippen molar-refractivity contribution in [3.8, 4) is 0 Å². The van der Waals surface area contributed by atoms with Gasteiger partial charge in [-0.3, -0.25) is 9.59 Å². The zero-order chi connectivity index (χ0) is 18.5. The highest BCUT2D eigenvalue weighted by Gasteiger charge is 2.30. The van der Waals surface area contributed by atoms with E-state index in [1.807, 2.05) is 11.4 Å². The first-order valence-electron chi connectivity index (χ1n) is 8.84. The number of piperidine rings is 1. The summed E-state index contributed by atoms with van der Waals surface area (Å²) < 4.78 is 27.2. The number of rotatable bonds is 6.